The summed E-state index contributed by atoms with van der Waals surface area (Å²) in [6, 6.07) is 61.7. The number of rotatable bonds is 8. The van der Waals surface area contributed by atoms with Crippen molar-refractivity contribution in [2.24, 2.45) is 0 Å². The van der Waals surface area contributed by atoms with Crippen LogP contribution in [0.25, 0.3) is 65.4 Å². The largest absolute Gasteiger partial charge is 0.456 e. The summed E-state index contributed by atoms with van der Waals surface area (Å²) in [4.78, 5) is 4.75. The first-order valence-corrected chi connectivity index (χ1v) is 21.8. The van der Waals surface area contributed by atoms with Crippen LogP contribution in [0.5, 0.6) is 0 Å². The fourth-order valence-corrected chi connectivity index (χ4v) is 9.33. The number of fused-ring (bicyclic) bond motifs is 9. The van der Waals surface area contributed by atoms with E-state index in [1.54, 1.807) is 0 Å². The van der Waals surface area contributed by atoms with Crippen molar-refractivity contribution in [3.05, 3.63) is 192 Å². The molecule has 0 amide bonds. The Balaban J connectivity index is 1.04. The van der Waals surface area contributed by atoms with Crippen molar-refractivity contribution in [3.8, 4) is 0 Å². The maximum Gasteiger partial charge on any atom is 0.136 e. The Bertz CT molecular complexity index is 3270. The number of furan rings is 2. The number of nitrogens with zero attached hydrogens (tertiary/aromatic N) is 2. The summed E-state index contributed by atoms with van der Waals surface area (Å²) in [5.74, 6) is 0.850. The lowest BCUT2D eigenvalue weighted by atomic mass is 9.98. The van der Waals surface area contributed by atoms with Crippen LogP contribution in [0.2, 0.25) is 0 Å². The van der Waals surface area contributed by atoms with E-state index in [2.05, 4.69) is 221 Å². The lowest BCUT2D eigenvalue weighted by Crippen LogP contribution is -2.12. The SMILES string of the molecule is Cc1ccc(C(C)C)cc1N(c1ccccc1)c1ccc2cc3c(cc2c1)oc1ccc2oc4cc5cc(N(c6ccccc6)c6cc(C(C)C)ccc6C)ccc5cc4c2c13. The molecular formula is C58H48N2O2. The van der Waals surface area contributed by atoms with Crippen molar-refractivity contribution in [2.45, 2.75) is 53.4 Å². The number of anilines is 6. The molecule has 0 fully saturated rings. The third-order valence-electron chi connectivity index (χ3n) is 12.8. The average molecular weight is 805 g/mol. The van der Waals surface area contributed by atoms with E-state index < -0.39 is 0 Å². The molecule has 2 heterocycles. The van der Waals surface area contributed by atoms with Crippen molar-refractivity contribution >= 4 is 99.5 Å². The standard InChI is InChI=1S/C58H48N2O2/c1-35(2)39-19-17-37(5)51(31-39)59(45-13-9-7-10-14-45)47-23-21-41-29-49-55(33-43(41)27-47)61-53-25-26-54-58(57(49)53)50-30-42-22-24-48(28-44(42)34-56(50)62-54)60(46-15-11-8-12-16-46)52-32-40(36(3)4)20-18-38(52)6/h7-36H,1-6H3. The Kier molecular flexibility index (Phi) is 8.94. The second-order valence-electron chi connectivity index (χ2n) is 17.5. The maximum absolute atomic E-state index is 6.70. The molecule has 0 saturated heterocycles. The maximum atomic E-state index is 6.70. The van der Waals surface area contributed by atoms with Gasteiger partial charge in [0.25, 0.3) is 0 Å². The number of para-hydroxylation sites is 2. The normalized spacial score (nSPS) is 12.0. The Morgan fingerprint density at radius 2 is 0.774 bits per heavy atom. The summed E-state index contributed by atoms with van der Waals surface area (Å²) in [6.07, 6.45) is 0. The third kappa shape index (κ3) is 6.29. The first-order chi connectivity index (χ1) is 30.2. The summed E-state index contributed by atoms with van der Waals surface area (Å²) in [5.41, 5.74) is 15.3. The van der Waals surface area contributed by atoms with Crippen molar-refractivity contribution in [1.29, 1.82) is 0 Å². The molecule has 0 aliphatic heterocycles. The zero-order chi connectivity index (χ0) is 42.2. The number of hydrogen-bond acceptors (Lipinski definition) is 4. The molecule has 302 valence electrons. The van der Waals surface area contributed by atoms with Gasteiger partial charge in [0.1, 0.15) is 22.3 Å². The zero-order valence-electron chi connectivity index (χ0n) is 36.0. The molecule has 4 heteroatoms. The molecule has 11 rings (SSSR count). The Hall–Kier alpha value is -7.30. The van der Waals surface area contributed by atoms with Crippen molar-refractivity contribution in [3.63, 3.8) is 0 Å². The molecule has 4 nitrogen and oxygen atoms in total. The van der Waals surface area contributed by atoms with Crippen LogP contribution in [0, 0.1) is 13.8 Å². The molecule has 0 unspecified atom stereocenters. The Morgan fingerprint density at radius 1 is 0.355 bits per heavy atom. The van der Waals surface area contributed by atoms with Crippen molar-refractivity contribution in [2.75, 3.05) is 9.80 Å². The topological polar surface area (TPSA) is 32.8 Å². The molecule has 0 aliphatic rings. The van der Waals surface area contributed by atoms with Gasteiger partial charge in [0.15, 0.2) is 0 Å². The molecule has 0 bridgehead atoms. The fraction of sp³-hybridized carbons (Fsp3) is 0.138. The molecule has 62 heavy (non-hydrogen) atoms. The van der Waals surface area contributed by atoms with Gasteiger partial charge < -0.3 is 18.6 Å². The molecule has 2 aromatic heterocycles. The molecule has 0 N–H and O–H groups in total. The van der Waals surface area contributed by atoms with Crippen molar-refractivity contribution < 1.29 is 8.83 Å². The quantitative estimate of drug-likeness (QED) is 0.153. The highest BCUT2D eigenvalue weighted by molar-refractivity contribution is 6.28. The number of aryl methyl sites for hydroxylation is 2. The minimum Gasteiger partial charge on any atom is -0.456 e. The van der Waals surface area contributed by atoms with Gasteiger partial charge in [0, 0.05) is 55.7 Å². The molecule has 11 aromatic rings. The van der Waals surface area contributed by atoms with Gasteiger partial charge in [-0.1, -0.05) is 100 Å². The van der Waals surface area contributed by atoms with Crippen LogP contribution in [0.1, 0.15) is 61.8 Å². The first-order valence-electron chi connectivity index (χ1n) is 21.8. The summed E-state index contributed by atoms with van der Waals surface area (Å²) in [5, 5.41) is 8.90. The highest BCUT2D eigenvalue weighted by Gasteiger charge is 2.21. The van der Waals surface area contributed by atoms with Crippen LogP contribution in [0.15, 0.2) is 179 Å². The van der Waals surface area contributed by atoms with E-state index >= 15 is 0 Å². The fourth-order valence-electron chi connectivity index (χ4n) is 9.33. The molecule has 0 aliphatic carbocycles. The van der Waals surface area contributed by atoms with Crippen LogP contribution in [-0.4, -0.2) is 0 Å². The lowest BCUT2D eigenvalue weighted by Gasteiger charge is -2.28. The molecule has 0 radical (unpaired) electrons. The van der Waals surface area contributed by atoms with Gasteiger partial charge in [0.05, 0.1) is 0 Å². The van der Waals surface area contributed by atoms with E-state index in [1.807, 2.05) is 0 Å². The summed E-state index contributed by atoms with van der Waals surface area (Å²) in [6.45, 7) is 13.4. The smallest absolute Gasteiger partial charge is 0.136 e. The van der Waals surface area contributed by atoms with Crippen LogP contribution in [0.4, 0.5) is 34.1 Å². The Labute approximate surface area is 362 Å². The van der Waals surface area contributed by atoms with E-state index in [9.17, 15) is 0 Å². The number of hydrogen-bond donors (Lipinski definition) is 0. The minimum atomic E-state index is 0.425. The minimum absolute atomic E-state index is 0.425. The summed E-state index contributed by atoms with van der Waals surface area (Å²) >= 11 is 0. The predicted molar refractivity (Wildman–Crippen MR) is 263 cm³/mol. The summed E-state index contributed by atoms with van der Waals surface area (Å²) < 4.78 is 13.4. The van der Waals surface area contributed by atoms with E-state index in [0.717, 1.165) is 88.2 Å². The second-order valence-corrected chi connectivity index (χ2v) is 17.5. The predicted octanol–water partition coefficient (Wildman–Crippen LogP) is 17.6. The van der Waals surface area contributed by atoms with Crippen LogP contribution < -0.4 is 9.80 Å². The van der Waals surface area contributed by atoms with E-state index in [4.69, 9.17) is 8.83 Å². The average Bonchev–Trinajstić information content (AvgIpc) is 3.83. The van der Waals surface area contributed by atoms with Crippen LogP contribution >= 0.6 is 0 Å². The van der Waals surface area contributed by atoms with E-state index in [1.165, 1.54) is 33.6 Å². The molecular weight excluding hydrogens is 757 g/mol. The zero-order valence-corrected chi connectivity index (χ0v) is 36.0. The molecule has 0 saturated carbocycles. The van der Waals surface area contributed by atoms with E-state index in [0.29, 0.717) is 11.8 Å². The lowest BCUT2D eigenvalue weighted by molar-refractivity contribution is 0.663. The monoisotopic (exact) mass is 804 g/mol. The van der Waals surface area contributed by atoms with Crippen LogP contribution in [-0.2, 0) is 0 Å². The van der Waals surface area contributed by atoms with Crippen molar-refractivity contribution in [1.82, 2.24) is 0 Å². The third-order valence-corrected chi connectivity index (χ3v) is 12.8. The van der Waals surface area contributed by atoms with Gasteiger partial charge in [-0.05, 0) is 167 Å². The van der Waals surface area contributed by atoms with Crippen LogP contribution in [0.3, 0.4) is 0 Å². The van der Waals surface area contributed by atoms with Gasteiger partial charge in [0.2, 0.25) is 0 Å². The molecule has 0 atom stereocenters. The Morgan fingerprint density at radius 3 is 1.18 bits per heavy atom. The van der Waals surface area contributed by atoms with Gasteiger partial charge in [-0.15, -0.1) is 0 Å². The van der Waals surface area contributed by atoms with Gasteiger partial charge in [-0.2, -0.15) is 0 Å². The van der Waals surface area contributed by atoms with E-state index in [-0.39, 0.29) is 0 Å². The van der Waals surface area contributed by atoms with Gasteiger partial charge in [-0.3, -0.25) is 0 Å². The number of benzene rings is 9. The summed E-state index contributed by atoms with van der Waals surface area (Å²) in [7, 11) is 0. The highest BCUT2D eigenvalue weighted by Crippen LogP contribution is 2.45. The van der Waals surface area contributed by atoms with Gasteiger partial charge in [-0.25, -0.2) is 0 Å². The second kappa shape index (κ2) is 14.7. The highest BCUT2D eigenvalue weighted by atomic mass is 16.3. The van der Waals surface area contributed by atoms with Gasteiger partial charge >= 0.3 is 0 Å². The molecule has 0 spiro atoms. The molecule has 9 aromatic carbocycles. The first kappa shape index (κ1) is 37.7.